The van der Waals surface area contributed by atoms with Crippen molar-refractivity contribution in [2.75, 3.05) is 19.6 Å². The lowest BCUT2D eigenvalue weighted by Gasteiger charge is -2.31. The van der Waals surface area contributed by atoms with Gasteiger partial charge in [-0.15, -0.1) is 0 Å². The van der Waals surface area contributed by atoms with Crippen molar-refractivity contribution in [2.45, 2.75) is 51.5 Å². The van der Waals surface area contributed by atoms with Gasteiger partial charge in [-0.2, -0.15) is 0 Å². The van der Waals surface area contributed by atoms with Gasteiger partial charge < -0.3 is 9.42 Å². The Balaban J connectivity index is 1.14. The van der Waals surface area contributed by atoms with E-state index < -0.39 is 0 Å². The third-order valence-electron chi connectivity index (χ3n) is 7.72. The summed E-state index contributed by atoms with van der Waals surface area (Å²) in [7, 11) is 0. The summed E-state index contributed by atoms with van der Waals surface area (Å²) in [6, 6.07) is 8.56. The van der Waals surface area contributed by atoms with E-state index in [1.54, 1.807) is 12.3 Å². The fraction of sp³-hybridized carbons (Fsp3) is 0.379. The van der Waals surface area contributed by atoms with Crippen LogP contribution in [0.3, 0.4) is 0 Å². The Hall–Kier alpha value is -3.65. The molecule has 0 radical (unpaired) electrons. The molecular formula is C29H30FN5O2. The summed E-state index contributed by atoms with van der Waals surface area (Å²) in [4.78, 5) is 25.0. The minimum atomic E-state index is -0.311. The summed E-state index contributed by atoms with van der Waals surface area (Å²) in [6.07, 6.45) is 10.1. The van der Waals surface area contributed by atoms with Crippen molar-refractivity contribution in [1.29, 1.82) is 0 Å². The first kappa shape index (κ1) is 23.7. The minimum absolute atomic E-state index is 0.0930. The number of piperidine rings is 1. The van der Waals surface area contributed by atoms with Gasteiger partial charge in [-0.25, -0.2) is 9.37 Å². The first-order valence-electron chi connectivity index (χ1n) is 13.1. The number of likely N-dealkylation sites (tertiary alicyclic amines) is 1. The number of hydrogen-bond donors (Lipinski definition) is 0. The molecule has 1 saturated heterocycles. The Morgan fingerprint density at radius 1 is 1.19 bits per heavy atom. The largest absolute Gasteiger partial charge is 0.356 e. The van der Waals surface area contributed by atoms with Gasteiger partial charge in [-0.3, -0.25) is 14.3 Å². The zero-order valence-corrected chi connectivity index (χ0v) is 21.0. The maximum Gasteiger partial charge on any atom is 0.257 e. The monoisotopic (exact) mass is 499 g/mol. The van der Waals surface area contributed by atoms with Crippen LogP contribution >= 0.6 is 0 Å². The third kappa shape index (κ3) is 4.73. The molecule has 0 saturated carbocycles. The van der Waals surface area contributed by atoms with Crippen molar-refractivity contribution in [2.24, 2.45) is 0 Å². The summed E-state index contributed by atoms with van der Waals surface area (Å²) < 4.78 is 20.7. The molecule has 7 nitrogen and oxygen atoms in total. The van der Waals surface area contributed by atoms with Crippen molar-refractivity contribution in [3.05, 3.63) is 87.2 Å². The number of halogens is 1. The van der Waals surface area contributed by atoms with E-state index in [-0.39, 0.29) is 11.4 Å². The van der Waals surface area contributed by atoms with Crippen molar-refractivity contribution in [3.8, 4) is 0 Å². The maximum atomic E-state index is 13.5. The highest BCUT2D eigenvalue weighted by Gasteiger charge is 2.26. The Bertz CT molecular complexity index is 1520. The molecule has 190 valence electrons. The molecule has 4 aromatic rings. The zero-order valence-electron chi connectivity index (χ0n) is 21.0. The number of pyridine rings is 1. The van der Waals surface area contributed by atoms with Crippen LogP contribution in [-0.2, 0) is 13.0 Å². The van der Waals surface area contributed by atoms with Crippen molar-refractivity contribution in [3.63, 3.8) is 0 Å². The van der Waals surface area contributed by atoms with Gasteiger partial charge >= 0.3 is 0 Å². The predicted molar refractivity (Wildman–Crippen MR) is 141 cm³/mol. The topological polar surface area (TPSA) is 77.0 Å². The number of aryl methyl sites for hydroxylation is 1. The highest BCUT2D eigenvalue weighted by atomic mass is 19.1. The van der Waals surface area contributed by atoms with Crippen molar-refractivity contribution in [1.82, 2.24) is 24.6 Å². The molecule has 5 heterocycles. The molecule has 0 amide bonds. The van der Waals surface area contributed by atoms with Gasteiger partial charge in [0.05, 0.1) is 5.69 Å². The van der Waals surface area contributed by atoms with Gasteiger partial charge in [0.15, 0.2) is 5.58 Å². The summed E-state index contributed by atoms with van der Waals surface area (Å²) in [5.41, 5.74) is 5.29. The van der Waals surface area contributed by atoms with Crippen molar-refractivity contribution >= 4 is 22.6 Å². The first-order chi connectivity index (χ1) is 18.1. The lowest BCUT2D eigenvalue weighted by Crippen LogP contribution is -2.37. The van der Waals surface area contributed by atoms with Crippen LogP contribution in [0.25, 0.3) is 22.6 Å². The highest BCUT2D eigenvalue weighted by Crippen LogP contribution is 2.33. The Morgan fingerprint density at radius 3 is 2.86 bits per heavy atom. The van der Waals surface area contributed by atoms with E-state index in [2.05, 4.69) is 21.1 Å². The van der Waals surface area contributed by atoms with Gasteiger partial charge in [0.1, 0.15) is 11.6 Å². The van der Waals surface area contributed by atoms with Crippen LogP contribution in [0.5, 0.6) is 0 Å². The summed E-state index contributed by atoms with van der Waals surface area (Å²) in [5, 5.41) is 5.16. The number of hydrogen-bond acceptors (Lipinski definition) is 6. The van der Waals surface area contributed by atoms with Crippen LogP contribution < -0.4 is 5.56 Å². The molecule has 3 aromatic heterocycles. The molecule has 0 aliphatic carbocycles. The van der Waals surface area contributed by atoms with E-state index in [4.69, 9.17) is 9.51 Å². The van der Waals surface area contributed by atoms with E-state index in [0.29, 0.717) is 24.5 Å². The molecule has 0 spiro atoms. The van der Waals surface area contributed by atoms with Crippen LogP contribution in [-0.4, -0.2) is 44.2 Å². The fourth-order valence-electron chi connectivity index (χ4n) is 5.70. The van der Waals surface area contributed by atoms with Crippen LogP contribution in [0, 0.1) is 12.7 Å². The maximum absolute atomic E-state index is 13.5. The molecule has 6 rings (SSSR count). The number of fused-ring (bicyclic) bond motifs is 2. The van der Waals surface area contributed by atoms with Gasteiger partial charge in [0.2, 0.25) is 0 Å². The lowest BCUT2D eigenvalue weighted by molar-refractivity contribution is 0.211. The average molecular weight is 500 g/mol. The van der Waals surface area contributed by atoms with Crippen LogP contribution in [0.1, 0.15) is 59.9 Å². The molecular weight excluding hydrogens is 469 g/mol. The average Bonchev–Trinajstić information content (AvgIpc) is 3.33. The lowest BCUT2D eigenvalue weighted by atomic mass is 9.91. The van der Waals surface area contributed by atoms with Gasteiger partial charge in [-0.1, -0.05) is 11.2 Å². The number of allylic oxidation sites excluding steroid dienone is 1. The Labute approximate surface area is 214 Å². The van der Waals surface area contributed by atoms with Crippen molar-refractivity contribution < 1.29 is 8.91 Å². The molecule has 0 unspecified atom stereocenters. The van der Waals surface area contributed by atoms with E-state index >= 15 is 0 Å². The number of benzene rings is 1. The standard InChI is InChI=1S/C29H30FN5O2/c1-19-24(29(36)35-12-3-5-22(28(35)32-19)16-20-4-2-11-31-18-20)10-15-34-13-8-21(9-14-34)27-25-7-6-23(30)17-26(25)37-33-27/h2,4,6-7,11,16-18,21H,3,5,8-10,12-15H2,1H3/b22-16+. The highest BCUT2D eigenvalue weighted by molar-refractivity contribution is 5.80. The molecule has 0 N–H and O–H groups in total. The molecule has 1 aromatic carbocycles. The van der Waals surface area contributed by atoms with Crippen LogP contribution in [0.15, 0.2) is 52.0 Å². The second-order valence-corrected chi connectivity index (χ2v) is 10.1. The molecule has 2 aliphatic rings. The summed E-state index contributed by atoms with van der Waals surface area (Å²) in [6.45, 7) is 5.35. The predicted octanol–water partition coefficient (Wildman–Crippen LogP) is 4.98. The summed E-state index contributed by atoms with van der Waals surface area (Å²) in [5.74, 6) is 0.779. The number of nitrogens with zero attached hydrogens (tertiary/aromatic N) is 5. The Kier molecular flexibility index (Phi) is 6.42. The van der Waals surface area contributed by atoms with Gasteiger partial charge in [-0.05, 0) is 87.5 Å². The molecule has 0 atom stereocenters. The molecule has 37 heavy (non-hydrogen) atoms. The third-order valence-corrected chi connectivity index (χ3v) is 7.72. The van der Waals surface area contributed by atoms with E-state index in [1.165, 1.54) is 12.1 Å². The Morgan fingerprint density at radius 2 is 2.05 bits per heavy atom. The van der Waals surface area contributed by atoms with Gasteiger partial charge in [0.25, 0.3) is 5.56 Å². The molecule has 0 bridgehead atoms. The normalized spacial score (nSPS) is 17.9. The second-order valence-electron chi connectivity index (χ2n) is 10.1. The van der Waals surface area contributed by atoms with Crippen LogP contribution in [0.4, 0.5) is 4.39 Å². The minimum Gasteiger partial charge on any atom is -0.356 e. The van der Waals surface area contributed by atoms with Gasteiger partial charge in [0, 0.05) is 54.1 Å². The zero-order chi connectivity index (χ0) is 25.4. The first-order valence-corrected chi connectivity index (χ1v) is 13.1. The number of rotatable bonds is 5. The number of aromatic nitrogens is 4. The quantitative estimate of drug-likeness (QED) is 0.385. The smallest absolute Gasteiger partial charge is 0.257 e. The van der Waals surface area contributed by atoms with Crippen LogP contribution in [0.2, 0.25) is 0 Å². The fourth-order valence-corrected chi connectivity index (χ4v) is 5.70. The molecule has 1 fully saturated rings. The summed E-state index contributed by atoms with van der Waals surface area (Å²) >= 11 is 0. The molecule has 8 heteroatoms. The SMILES string of the molecule is Cc1nc2n(c(=O)c1CCN1CCC(c3noc4cc(F)ccc34)CC1)CCC/C2=C\c1cccnc1. The second kappa shape index (κ2) is 10.0. The van der Waals surface area contributed by atoms with E-state index in [9.17, 15) is 9.18 Å². The van der Waals surface area contributed by atoms with E-state index in [1.807, 2.05) is 29.8 Å². The van der Waals surface area contributed by atoms with E-state index in [0.717, 1.165) is 84.6 Å². The molecule has 2 aliphatic heterocycles.